The molecule has 0 aliphatic heterocycles. The van der Waals surface area contributed by atoms with Crippen molar-refractivity contribution in [2.24, 2.45) is 0 Å². The van der Waals surface area contributed by atoms with Crippen LogP contribution in [-0.4, -0.2) is 22.6 Å². The lowest BCUT2D eigenvalue weighted by Gasteiger charge is -2.15. The lowest BCUT2D eigenvalue weighted by Crippen LogP contribution is -2.19. The molecule has 5 nitrogen and oxygen atoms in total. The molecule has 0 atom stereocenters. The highest BCUT2D eigenvalue weighted by Gasteiger charge is 2.09. The van der Waals surface area contributed by atoms with Crippen molar-refractivity contribution in [3.05, 3.63) is 125 Å². The van der Waals surface area contributed by atoms with E-state index < -0.39 is 0 Å². The van der Waals surface area contributed by atoms with E-state index in [-0.39, 0.29) is 0 Å². The lowest BCUT2D eigenvalue weighted by molar-refractivity contribution is 0.255. The van der Waals surface area contributed by atoms with E-state index in [1.807, 2.05) is 48.8 Å². The molecule has 0 saturated carbocycles. The van der Waals surface area contributed by atoms with E-state index in [0.717, 1.165) is 60.6 Å². The molecule has 39 heavy (non-hydrogen) atoms. The second-order valence-corrected chi connectivity index (χ2v) is 10.0. The van der Waals surface area contributed by atoms with Gasteiger partial charge < -0.3 is 19.4 Å². The zero-order valence-electron chi connectivity index (χ0n) is 22.9. The fraction of sp³-hybridized carbons (Fsp3) is 0.265. The van der Waals surface area contributed by atoms with Crippen LogP contribution in [0.4, 0.5) is 0 Å². The molecule has 0 aliphatic carbocycles. The predicted molar refractivity (Wildman–Crippen MR) is 158 cm³/mol. The Morgan fingerprint density at radius 3 is 2.08 bits per heavy atom. The fourth-order valence-electron chi connectivity index (χ4n) is 4.63. The van der Waals surface area contributed by atoms with Crippen molar-refractivity contribution in [1.29, 1.82) is 0 Å². The minimum absolute atomic E-state index is 0.506. The molecule has 0 bridgehead atoms. The van der Waals surface area contributed by atoms with Gasteiger partial charge in [-0.1, -0.05) is 66.7 Å². The highest BCUT2D eigenvalue weighted by atomic mass is 16.5. The standard InChI is InChI=1S/C34H37N3O2/c1-26-20-31-32(21-27(26)2)37(25-36-31)19-9-17-35-18-16-28-14-15-33(38-23-29-10-5-3-6-11-29)34(22-28)39-24-30-12-7-4-8-13-30/h3-8,10-15,20-22,25,35H,9,16-19,23-24H2,1-2H3. The van der Waals surface area contributed by atoms with Gasteiger partial charge in [-0.3, -0.25) is 0 Å². The maximum atomic E-state index is 6.24. The lowest BCUT2D eigenvalue weighted by atomic mass is 10.1. The molecule has 1 aromatic heterocycles. The first-order valence-corrected chi connectivity index (χ1v) is 13.7. The minimum Gasteiger partial charge on any atom is -0.485 e. The zero-order chi connectivity index (χ0) is 26.9. The van der Waals surface area contributed by atoms with Crippen LogP contribution >= 0.6 is 0 Å². The van der Waals surface area contributed by atoms with Gasteiger partial charge in [0.1, 0.15) is 13.2 Å². The summed E-state index contributed by atoms with van der Waals surface area (Å²) in [5, 5.41) is 3.60. The maximum Gasteiger partial charge on any atom is 0.161 e. The van der Waals surface area contributed by atoms with Gasteiger partial charge >= 0.3 is 0 Å². The van der Waals surface area contributed by atoms with Crippen LogP contribution < -0.4 is 14.8 Å². The summed E-state index contributed by atoms with van der Waals surface area (Å²) in [6.07, 6.45) is 3.94. The first-order chi connectivity index (χ1) is 19.2. The monoisotopic (exact) mass is 519 g/mol. The summed E-state index contributed by atoms with van der Waals surface area (Å²) >= 11 is 0. The molecule has 0 radical (unpaired) electrons. The molecular weight excluding hydrogens is 482 g/mol. The van der Waals surface area contributed by atoms with Crippen LogP contribution in [0.1, 0.15) is 34.2 Å². The van der Waals surface area contributed by atoms with Crippen molar-refractivity contribution < 1.29 is 9.47 Å². The molecule has 0 aliphatic rings. The first-order valence-electron chi connectivity index (χ1n) is 13.7. The van der Waals surface area contributed by atoms with Crippen molar-refractivity contribution in [3.63, 3.8) is 0 Å². The summed E-state index contributed by atoms with van der Waals surface area (Å²) in [6.45, 7) is 8.14. The van der Waals surface area contributed by atoms with Crippen molar-refractivity contribution in [1.82, 2.24) is 14.9 Å². The third kappa shape index (κ3) is 7.27. The number of rotatable bonds is 13. The molecule has 1 heterocycles. The Kier molecular flexibility index (Phi) is 8.92. The van der Waals surface area contributed by atoms with Crippen molar-refractivity contribution in [2.75, 3.05) is 13.1 Å². The number of aromatic nitrogens is 2. The first kappa shape index (κ1) is 26.5. The number of hydrogen-bond acceptors (Lipinski definition) is 4. The third-order valence-corrected chi connectivity index (χ3v) is 7.06. The van der Waals surface area contributed by atoms with Gasteiger partial charge in [-0.05, 0) is 91.9 Å². The van der Waals surface area contributed by atoms with Crippen molar-refractivity contribution in [2.45, 2.75) is 46.4 Å². The highest BCUT2D eigenvalue weighted by Crippen LogP contribution is 2.30. The Morgan fingerprint density at radius 1 is 0.692 bits per heavy atom. The topological polar surface area (TPSA) is 48.3 Å². The van der Waals surface area contributed by atoms with E-state index in [9.17, 15) is 0 Å². The number of benzene rings is 4. The molecule has 0 spiro atoms. The van der Waals surface area contributed by atoms with Gasteiger partial charge in [0.15, 0.2) is 11.5 Å². The Hall–Kier alpha value is -4.09. The van der Waals surface area contributed by atoms with Crippen LogP contribution in [0.5, 0.6) is 11.5 Å². The van der Waals surface area contributed by atoms with Crippen LogP contribution in [0.25, 0.3) is 11.0 Å². The van der Waals surface area contributed by atoms with Crippen LogP contribution in [0.15, 0.2) is 97.3 Å². The largest absolute Gasteiger partial charge is 0.485 e. The Bertz CT molecular complexity index is 1480. The molecule has 0 unspecified atom stereocenters. The van der Waals surface area contributed by atoms with Gasteiger partial charge in [0.2, 0.25) is 0 Å². The predicted octanol–water partition coefficient (Wildman–Crippen LogP) is 7.03. The molecule has 0 fully saturated rings. The van der Waals surface area contributed by atoms with E-state index in [2.05, 4.69) is 77.2 Å². The number of aryl methyl sites for hydroxylation is 3. The second kappa shape index (κ2) is 13.1. The number of fused-ring (bicyclic) bond motifs is 1. The average molecular weight is 520 g/mol. The van der Waals surface area contributed by atoms with Crippen LogP contribution in [0.3, 0.4) is 0 Å². The van der Waals surface area contributed by atoms with Gasteiger partial charge in [0.05, 0.1) is 17.4 Å². The highest BCUT2D eigenvalue weighted by molar-refractivity contribution is 5.77. The average Bonchev–Trinajstić information content (AvgIpc) is 3.35. The molecule has 5 rings (SSSR count). The molecular formula is C34H37N3O2. The smallest absolute Gasteiger partial charge is 0.161 e. The van der Waals surface area contributed by atoms with E-state index in [1.165, 1.54) is 22.2 Å². The Balaban J connectivity index is 1.14. The summed E-state index contributed by atoms with van der Waals surface area (Å²) in [5.74, 6) is 1.55. The molecule has 4 aromatic carbocycles. The third-order valence-electron chi connectivity index (χ3n) is 7.06. The van der Waals surface area contributed by atoms with Gasteiger partial charge in [0.25, 0.3) is 0 Å². The normalized spacial score (nSPS) is 11.1. The number of imidazole rings is 1. The molecule has 0 saturated heterocycles. The summed E-state index contributed by atoms with van der Waals surface area (Å²) in [5.41, 5.74) is 8.39. The molecule has 200 valence electrons. The van der Waals surface area contributed by atoms with E-state index >= 15 is 0 Å². The molecule has 5 heteroatoms. The Morgan fingerprint density at radius 2 is 1.36 bits per heavy atom. The summed E-state index contributed by atoms with van der Waals surface area (Å²) in [4.78, 5) is 4.58. The minimum atomic E-state index is 0.506. The molecule has 5 aromatic rings. The van der Waals surface area contributed by atoms with E-state index in [1.54, 1.807) is 0 Å². The van der Waals surface area contributed by atoms with Crippen LogP contribution in [0.2, 0.25) is 0 Å². The fourth-order valence-corrected chi connectivity index (χ4v) is 4.63. The van der Waals surface area contributed by atoms with Gasteiger partial charge in [0, 0.05) is 6.54 Å². The van der Waals surface area contributed by atoms with Gasteiger partial charge in [-0.2, -0.15) is 0 Å². The SMILES string of the molecule is Cc1cc2ncn(CCCNCCc3ccc(OCc4ccccc4)c(OCc4ccccc4)c3)c2cc1C. The number of ether oxygens (including phenoxy) is 2. The van der Waals surface area contributed by atoms with E-state index in [4.69, 9.17) is 9.47 Å². The molecule has 0 amide bonds. The summed E-state index contributed by atoms with van der Waals surface area (Å²) in [6, 6.07) is 31.2. The second-order valence-electron chi connectivity index (χ2n) is 10.0. The Labute approximate surface area is 231 Å². The van der Waals surface area contributed by atoms with Crippen molar-refractivity contribution >= 4 is 11.0 Å². The van der Waals surface area contributed by atoms with Gasteiger partial charge in [-0.25, -0.2) is 4.98 Å². The summed E-state index contributed by atoms with van der Waals surface area (Å²) < 4.78 is 14.6. The number of nitrogens with one attached hydrogen (secondary N) is 1. The van der Waals surface area contributed by atoms with Gasteiger partial charge in [-0.15, -0.1) is 0 Å². The van der Waals surface area contributed by atoms with E-state index in [0.29, 0.717) is 13.2 Å². The number of nitrogens with zero attached hydrogens (tertiary/aromatic N) is 2. The molecule has 1 N–H and O–H groups in total. The van der Waals surface area contributed by atoms with Crippen molar-refractivity contribution in [3.8, 4) is 11.5 Å². The maximum absolute atomic E-state index is 6.24. The summed E-state index contributed by atoms with van der Waals surface area (Å²) in [7, 11) is 0. The van der Waals surface area contributed by atoms with Crippen LogP contribution in [0, 0.1) is 13.8 Å². The van der Waals surface area contributed by atoms with Crippen LogP contribution in [-0.2, 0) is 26.2 Å². The number of hydrogen-bond donors (Lipinski definition) is 1. The zero-order valence-corrected chi connectivity index (χ0v) is 22.9. The quantitative estimate of drug-likeness (QED) is 0.170.